The molecule has 0 aliphatic carbocycles. The summed E-state index contributed by atoms with van der Waals surface area (Å²) in [6, 6.07) is 8.63. The van der Waals surface area contributed by atoms with Crippen molar-refractivity contribution < 1.29 is 4.74 Å². The van der Waals surface area contributed by atoms with Gasteiger partial charge in [0.2, 0.25) is 0 Å². The van der Waals surface area contributed by atoms with E-state index in [2.05, 4.69) is 43.4 Å². The van der Waals surface area contributed by atoms with Gasteiger partial charge in [-0.05, 0) is 32.4 Å². The Bertz CT molecular complexity index is 268. The van der Waals surface area contributed by atoms with E-state index in [1.165, 1.54) is 11.1 Å². The van der Waals surface area contributed by atoms with Gasteiger partial charge in [0.15, 0.2) is 0 Å². The zero-order valence-electron chi connectivity index (χ0n) is 9.92. The van der Waals surface area contributed by atoms with Crippen LogP contribution in [0.3, 0.4) is 0 Å². The van der Waals surface area contributed by atoms with Gasteiger partial charge >= 0.3 is 0 Å². The van der Waals surface area contributed by atoms with Gasteiger partial charge < -0.3 is 10.1 Å². The summed E-state index contributed by atoms with van der Waals surface area (Å²) in [7, 11) is 1.75. The molecule has 1 aromatic carbocycles. The Hall–Kier alpha value is -0.860. The smallest absolute Gasteiger partial charge is 0.0555 e. The molecule has 0 radical (unpaired) electrons. The quantitative estimate of drug-likeness (QED) is 0.724. The molecule has 1 N–H and O–H groups in total. The van der Waals surface area contributed by atoms with Gasteiger partial charge in [0.1, 0.15) is 0 Å². The van der Waals surface area contributed by atoms with Gasteiger partial charge in [-0.15, -0.1) is 0 Å². The molecule has 15 heavy (non-hydrogen) atoms. The van der Waals surface area contributed by atoms with E-state index in [1.54, 1.807) is 7.11 Å². The Kier molecular flexibility index (Phi) is 5.37. The summed E-state index contributed by atoms with van der Waals surface area (Å²) in [5, 5.41) is 3.41. The highest BCUT2D eigenvalue weighted by Crippen LogP contribution is 2.02. The minimum absolute atomic E-state index is 0.343. The van der Waals surface area contributed by atoms with Crippen LogP contribution in [0.15, 0.2) is 24.3 Å². The summed E-state index contributed by atoms with van der Waals surface area (Å²) in [6.45, 7) is 6.14. The molecule has 1 aromatic rings. The minimum Gasteiger partial charge on any atom is -0.382 e. The first-order chi connectivity index (χ1) is 7.22. The zero-order chi connectivity index (χ0) is 11.1. The van der Waals surface area contributed by atoms with Gasteiger partial charge in [-0.1, -0.05) is 29.8 Å². The van der Waals surface area contributed by atoms with Crippen LogP contribution >= 0.6 is 0 Å². The molecule has 0 aromatic heterocycles. The van der Waals surface area contributed by atoms with Crippen LogP contribution in [-0.2, 0) is 11.3 Å². The van der Waals surface area contributed by atoms with Crippen molar-refractivity contribution in [3.8, 4) is 0 Å². The normalized spacial score (nSPS) is 12.7. The van der Waals surface area contributed by atoms with Crippen molar-refractivity contribution in [2.75, 3.05) is 13.7 Å². The Morgan fingerprint density at radius 1 is 1.27 bits per heavy atom. The topological polar surface area (TPSA) is 21.3 Å². The molecule has 0 fully saturated rings. The summed E-state index contributed by atoms with van der Waals surface area (Å²) < 4.78 is 5.18. The maximum Gasteiger partial charge on any atom is 0.0555 e. The van der Waals surface area contributed by atoms with Crippen LogP contribution < -0.4 is 5.32 Å². The van der Waals surface area contributed by atoms with Gasteiger partial charge in [0.05, 0.1) is 6.10 Å². The van der Waals surface area contributed by atoms with Crippen molar-refractivity contribution in [3.05, 3.63) is 35.4 Å². The second kappa shape index (κ2) is 6.59. The lowest BCUT2D eigenvalue weighted by molar-refractivity contribution is 0.111. The molecule has 0 heterocycles. The van der Waals surface area contributed by atoms with Crippen LogP contribution in [0.5, 0.6) is 0 Å². The van der Waals surface area contributed by atoms with E-state index in [1.807, 2.05) is 0 Å². The molecular weight excluding hydrogens is 186 g/mol. The summed E-state index contributed by atoms with van der Waals surface area (Å²) in [5.41, 5.74) is 2.65. The second-order valence-corrected chi connectivity index (χ2v) is 4.00. The first kappa shape index (κ1) is 12.2. The number of hydrogen-bond donors (Lipinski definition) is 1. The van der Waals surface area contributed by atoms with Crippen LogP contribution in [0.4, 0.5) is 0 Å². The van der Waals surface area contributed by atoms with Crippen LogP contribution in [0.1, 0.15) is 24.5 Å². The van der Waals surface area contributed by atoms with Crippen molar-refractivity contribution in [1.82, 2.24) is 5.32 Å². The number of methoxy groups -OCH3 is 1. The third kappa shape index (κ3) is 4.96. The van der Waals surface area contributed by atoms with Crippen molar-refractivity contribution in [2.45, 2.75) is 32.9 Å². The van der Waals surface area contributed by atoms with Crippen LogP contribution in [0, 0.1) is 6.92 Å². The van der Waals surface area contributed by atoms with E-state index in [9.17, 15) is 0 Å². The van der Waals surface area contributed by atoms with E-state index in [4.69, 9.17) is 4.74 Å². The molecule has 84 valence electrons. The molecule has 0 saturated heterocycles. The van der Waals surface area contributed by atoms with Crippen LogP contribution in [-0.4, -0.2) is 19.8 Å². The number of nitrogens with one attached hydrogen (secondary N) is 1. The van der Waals surface area contributed by atoms with Gasteiger partial charge in [0.25, 0.3) is 0 Å². The van der Waals surface area contributed by atoms with Crippen LogP contribution in [0.2, 0.25) is 0 Å². The third-order valence-corrected chi connectivity index (χ3v) is 2.58. The van der Waals surface area contributed by atoms with Crippen molar-refractivity contribution in [2.24, 2.45) is 0 Å². The lowest BCUT2D eigenvalue weighted by Gasteiger charge is -2.10. The predicted molar refractivity (Wildman–Crippen MR) is 64.0 cm³/mol. The Morgan fingerprint density at radius 3 is 2.53 bits per heavy atom. The Morgan fingerprint density at radius 2 is 1.93 bits per heavy atom. The molecule has 1 atom stereocenters. The first-order valence-corrected chi connectivity index (χ1v) is 5.51. The lowest BCUT2D eigenvalue weighted by atomic mass is 10.1. The molecule has 0 spiro atoms. The summed E-state index contributed by atoms with van der Waals surface area (Å²) >= 11 is 0. The number of aryl methyl sites for hydroxylation is 1. The van der Waals surface area contributed by atoms with E-state index in [0.29, 0.717) is 6.10 Å². The number of ether oxygens (including phenoxy) is 1. The second-order valence-electron chi connectivity index (χ2n) is 4.00. The summed E-state index contributed by atoms with van der Waals surface area (Å²) in [4.78, 5) is 0. The van der Waals surface area contributed by atoms with E-state index in [0.717, 1.165) is 19.5 Å². The average molecular weight is 207 g/mol. The lowest BCUT2D eigenvalue weighted by Crippen LogP contribution is -2.19. The van der Waals surface area contributed by atoms with Crippen molar-refractivity contribution >= 4 is 0 Å². The molecule has 2 nitrogen and oxygen atoms in total. The standard InChI is InChI=1S/C13H21NO/c1-11-4-6-13(7-5-11)10-14-9-8-12(2)15-3/h4-7,12,14H,8-10H2,1-3H3. The molecule has 1 unspecified atom stereocenters. The maximum atomic E-state index is 5.18. The number of rotatable bonds is 6. The first-order valence-electron chi connectivity index (χ1n) is 5.51. The van der Waals surface area contributed by atoms with Gasteiger partial charge in [-0.25, -0.2) is 0 Å². The molecule has 0 bridgehead atoms. The molecule has 0 aliphatic heterocycles. The highest BCUT2D eigenvalue weighted by Gasteiger charge is 1.98. The summed E-state index contributed by atoms with van der Waals surface area (Å²) in [6.07, 6.45) is 1.40. The van der Waals surface area contributed by atoms with E-state index >= 15 is 0 Å². The van der Waals surface area contributed by atoms with Gasteiger partial charge in [-0.2, -0.15) is 0 Å². The molecule has 0 saturated carbocycles. The van der Waals surface area contributed by atoms with E-state index < -0.39 is 0 Å². The van der Waals surface area contributed by atoms with Crippen molar-refractivity contribution in [3.63, 3.8) is 0 Å². The predicted octanol–water partition coefficient (Wildman–Crippen LogP) is 2.51. The minimum atomic E-state index is 0.343. The number of hydrogen-bond acceptors (Lipinski definition) is 2. The average Bonchev–Trinajstić information content (AvgIpc) is 2.26. The van der Waals surface area contributed by atoms with E-state index in [-0.39, 0.29) is 0 Å². The number of benzene rings is 1. The Labute approximate surface area is 92.6 Å². The molecule has 1 rings (SSSR count). The third-order valence-electron chi connectivity index (χ3n) is 2.58. The van der Waals surface area contributed by atoms with Gasteiger partial charge in [0, 0.05) is 13.7 Å². The SMILES string of the molecule is COC(C)CCNCc1ccc(C)cc1. The maximum absolute atomic E-state index is 5.18. The van der Waals surface area contributed by atoms with Gasteiger partial charge in [-0.3, -0.25) is 0 Å². The molecular formula is C13H21NO. The fourth-order valence-electron chi connectivity index (χ4n) is 1.36. The fourth-order valence-corrected chi connectivity index (χ4v) is 1.36. The Balaban J connectivity index is 2.17. The van der Waals surface area contributed by atoms with Crippen molar-refractivity contribution in [1.29, 1.82) is 0 Å². The van der Waals surface area contributed by atoms with Crippen LogP contribution in [0.25, 0.3) is 0 Å². The summed E-state index contributed by atoms with van der Waals surface area (Å²) in [5.74, 6) is 0. The fraction of sp³-hybridized carbons (Fsp3) is 0.538. The highest BCUT2D eigenvalue weighted by atomic mass is 16.5. The molecule has 0 amide bonds. The monoisotopic (exact) mass is 207 g/mol. The zero-order valence-corrected chi connectivity index (χ0v) is 9.92. The largest absolute Gasteiger partial charge is 0.382 e. The highest BCUT2D eigenvalue weighted by molar-refractivity contribution is 5.20. The molecule has 0 aliphatic rings. The molecule has 2 heteroatoms.